The fourth-order valence-corrected chi connectivity index (χ4v) is 2.73. The van der Waals surface area contributed by atoms with Crippen LogP contribution in [0.25, 0.3) is 0 Å². The molecule has 0 aliphatic carbocycles. The summed E-state index contributed by atoms with van der Waals surface area (Å²) in [5, 5.41) is 3.66. The number of thioether (sulfide) groups is 1. The molecule has 0 aromatic rings. The maximum absolute atomic E-state index is 3.66. The normalized spacial score (nSPS) is 25.4. The molecule has 0 aromatic carbocycles. The fraction of sp³-hybridized carbons (Fsp3) is 1.00. The Hall–Kier alpha value is 0.270. The van der Waals surface area contributed by atoms with Crippen molar-refractivity contribution in [2.75, 3.05) is 32.1 Å². The van der Waals surface area contributed by atoms with E-state index >= 15 is 0 Å². The second kappa shape index (κ2) is 7.53. The van der Waals surface area contributed by atoms with Crippen LogP contribution in [0.1, 0.15) is 32.6 Å². The number of nitrogens with one attached hydrogen (secondary N) is 1. The van der Waals surface area contributed by atoms with Gasteiger partial charge in [0, 0.05) is 18.6 Å². The molecule has 15 heavy (non-hydrogen) atoms. The van der Waals surface area contributed by atoms with Crippen molar-refractivity contribution in [3.63, 3.8) is 0 Å². The molecule has 1 saturated heterocycles. The van der Waals surface area contributed by atoms with E-state index in [4.69, 9.17) is 0 Å². The predicted molar refractivity (Wildman–Crippen MR) is 70.7 cm³/mol. The number of likely N-dealkylation sites (N-methyl/N-ethyl adjacent to an activating group) is 1. The van der Waals surface area contributed by atoms with Crippen molar-refractivity contribution in [3.05, 3.63) is 0 Å². The topological polar surface area (TPSA) is 15.3 Å². The van der Waals surface area contributed by atoms with Gasteiger partial charge in [0.15, 0.2) is 0 Å². The fourth-order valence-electron chi connectivity index (χ4n) is 2.14. The van der Waals surface area contributed by atoms with Crippen molar-refractivity contribution >= 4 is 11.8 Å². The number of likely N-dealkylation sites (tertiary alicyclic amines) is 1. The van der Waals surface area contributed by atoms with Crippen LogP contribution >= 0.6 is 11.8 Å². The third-order valence-corrected chi connectivity index (χ3v) is 4.02. The number of rotatable bonds is 6. The van der Waals surface area contributed by atoms with Crippen LogP contribution < -0.4 is 5.32 Å². The number of nitrogens with zero attached hydrogens (tertiary/aromatic N) is 1. The SMILES string of the molecule is CSCCC(C)NCC1CCCCN1C. The zero-order valence-corrected chi connectivity index (χ0v) is 11.3. The minimum atomic E-state index is 0.674. The van der Waals surface area contributed by atoms with Gasteiger partial charge in [0.05, 0.1) is 0 Å². The number of piperidine rings is 1. The minimum absolute atomic E-state index is 0.674. The molecule has 1 rings (SSSR count). The molecule has 0 spiro atoms. The molecule has 0 aromatic heterocycles. The van der Waals surface area contributed by atoms with E-state index in [1.807, 2.05) is 11.8 Å². The van der Waals surface area contributed by atoms with Crippen LogP contribution in [0.5, 0.6) is 0 Å². The summed E-state index contributed by atoms with van der Waals surface area (Å²) in [7, 11) is 2.26. The van der Waals surface area contributed by atoms with Gasteiger partial charge in [-0.25, -0.2) is 0 Å². The van der Waals surface area contributed by atoms with Gasteiger partial charge in [-0.3, -0.25) is 0 Å². The van der Waals surface area contributed by atoms with Gasteiger partial charge in [-0.05, 0) is 51.8 Å². The highest BCUT2D eigenvalue weighted by Gasteiger charge is 2.18. The Morgan fingerprint density at radius 1 is 1.47 bits per heavy atom. The van der Waals surface area contributed by atoms with Crippen LogP contribution in [-0.4, -0.2) is 49.1 Å². The molecule has 1 aliphatic rings. The zero-order chi connectivity index (χ0) is 11.1. The van der Waals surface area contributed by atoms with Crippen molar-refractivity contribution in [3.8, 4) is 0 Å². The Labute approximate surface area is 99.2 Å². The summed E-state index contributed by atoms with van der Waals surface area (Å²) in [6.45, 7) is 4.76. The minimum Gasteiger partial charge on any atom is -0.313 e. The molecule has 2 unspecified atom stereocenters. The van der Waals surface area contributed by atoms with Crippen LogP contribution in [0.4, 0.5) is 0 Å². The lowest BCUT2D eigenvalue weighted by atomic mass is 10.0. The largest absolute Gasteiger partial charge is 0.313 e. The molecule has 90 valence electrons. The maximum atomic E-state index is 3.66. The van der Waals surface area contributed by atoms with Crippen LogP contribution in [-0.2, 0) is 0 Å². The molecule has 3 heteroatoms. The van der Waals surface area contributed by atoms with Crippen molar-refractivity contribution < 1.29 is 0 Å². The van der Waals surface area contributed by atoms with Gasteiger partial charge in [0.1, 0.15) is 0 Å². The molecule has 0 bridgehead atoms. The van der Waals surface area contributed by atoms with E-state index in [1.54, 1.807) is 0 Å². The summed E-state index contributed by atoms with van der Waals surface area (Å²) >= 11 is 1.94. The van der Waals surface area contributed by atoms with E-state index in [0.717, 1.165) is 6.04 Å². The average Bonchev–Trinajstić information content (AvgIpc) is 2.25. The first-order valence-electron chi connectivity index (χ1n) is 6.16. The molecule has 2 nitrogen and oxygen atoms in total. The average molecular weight is 230 g/mol. The molecule has 1 heterocycles. The number of hydrogen-bond donors (Lipinski definition) is 1. The van der Waals surface area contributed by atoms with E-state index in [2.05, 4.69) is 30.4 Å². The Morgan fingerprint density at radius 3 is 2.93 bits per heavy atom. The highest BCUT2D eigenvalue weighted by atomic mass is 32.2. The van der Waals surface area contributed by atoms with Gasteiger partial charge in [0.2, 0.25) is 0 Å². The van der Waals surface area contributed by atoms with Crippen molar-refractivity contribution in [2.24, 2.45) is 0 Å². The lowest BCUT2D eigenvalue weighted by Crippen LogP contribution is -2.45. The first kappa shape index (κ1) is 13.3. The first-order valence-corrected chi connectivity index (χ1v) is 7.56. The van der Waals surface area contributed by atoms with Crippen molar-refractivity contribution in [2.45, 2.75) is 44.7 Å². The Kier molecular flexibility index (Phi) is 6.69. The summed E-state index contributed by atoms with van der Waals surface area (Å²) in [5.74, 6) is 1.27. The van der Waals surface area contributed by atoms with E-state index in [0.29, 0.717) is 6.04 Å². The smallest absolute Gasteiger partial charge is 0.0217 e. The molecule has 1 fully saturated rings. The maximum Gasteiger partial charge on any atom is 0.0217 e. The van der Waals surface area contributed by atoms with Crippen molar-refractivity contribution in [1.82, 2.24) is 10.2 Å². The molecule has 0 radical (unpaired) electrons. The van der Waals surface area contributed by atoms with E-state index in [1.165, 1.54) is 44.5 Å². The lowest BCUT2D eigenvalue weighted by Gasteiger charge is -2.33. The second-order valence-corrected chi connectivity index (χ2v) is 5.71. The predicted octanol–water partition coefficient (Wildman–Crippen LogP) is 2.20. The van der Waals surface area contributed by atoms with Gasteiger partial charge >= 0.3 is 0 Å². The Bertz CT molecular complexity index is 164. The van der Waals surface area contributed by atoms with Gasteiger partial charge in [-0.1, -0.05) is 6.42 Å². The summed E-state index contributed by atoms with van der Waals surface area (Å²) in [4.78, 5) is 2.51. The molecule has 1 N–H and O–H groups in total. The standard InChI is InChI=1S/C12H26N2S/c1-11(7-9-15-3)13-10-12-6-4-5-8-14(12)2/h11-13H,4-10H2,1-3H3. The van der Waals surface area contributed by atoms with E-state index in [9.17, 15) is 0 Å². The first-order chi connectivity index (χ1) is 7.24. The van der Waals surface area contributed by atoms with Gasteiger partial charge in [-0.2, -0.15) is 11.8 Å². The van der Waals surface area contributed by atoms with Gasteiger partial charge in [-0.15, -0.1) is 0 Å². The Balaban J connectivity index is 2.11. The summed E-state index contributed by atoms with van der Waals surface area (Å²) in [5.41, 5.74) is 0. The van der Waals surface area contributed by atoms with Crippen molar-refractivity contribution in [1.29, 1.82) is 0 Å². The molecule has 0 saturated carbocycles. The van der Waals surface area contributed by atoms with Gasteiger partial charge in [0.25, 0.3) is 0 Å². The highest BCUT2D eigenvalue weighted by Crippen LogP contribution is 2.14. The number of hydrogen-bond acceptors (Lipinski definition) is 3. The third kappa shape index (κ3) is 5.23. The summed E-state index contributed by atoms with van der Waals surface area (Å²) < 4.78 is 0. The molecular weight excluding hydrogens is 204 g/mol. The third-order valence-electron chi connectivity index (χ3n) is 3.38. The van der Waals surface area contributed by atoms with E-state index in [-0.39, 0.29) is 0 Å². The molecule has 2 atom stereocenters. The van der Waals surface area contributed by atoms with Crippen LogP contribution in [0.15, 0.2) is 0 Å². The second-order valence-electron chi connectivity index (χ2n) is 4.72. The van der Waals surface area contributed by atoms with Gasteiger partial charge < -0.3 is 10.2 Å². The monoisotopic (exact) mass is 230 g/mol. The van der Waals surface area contributed by atoms with Crippen LogP contribution in [0.3, 0.4) is 0 Å². The van der Waals surface area contributed by atoms with E-state index < -0.39 is 0 Å². The molecule has 1 aliphatic heterocycles. The molecule has 0 amide bonds. The summed E-state index contributed by atoms with van der Waals surface area (Å²) in [6, 6.07) is 1.45. The molecular formula is C12H26N2S. The Morgan fingerprint density at radius 2 is 2.27 bits per heavy atom. The quantitative estimate of drug-likeness (QED) is 0.753. The highest BCUT2D eigenvalue weighted by molar-refractivity contribution is 7.98. The lowest BCUT2D eigenvalue weighted by molar-refractivity contribution is 0.178. The van der Waals surface area contributed by atoms with Crippen LogP contribution in [0.2, 0.25) is 0 Å². The summed E-state index contributed by atoms with van der Waals surface area (Å²) in [6.07, 6.45) is 7.64. The zero-order valence-electron chi connectivity index (χ0n) is 10.5. The van der Waals surface area contributed by atoms with Crippen LogP contribution in [0, 0.1) is 0 Å².